The highest BCUT2D eigenvalue weighted by atomic mass is 19.4. The van der Waals surface area contributed by atoms with E-state index in [2.05, 4.69) is 6.92 Å². The summed E-state index contributed by atoms with van der Waals surface area (Å²) in [5.74, 6) is -0.373. The van der Waals surface area contributed by atoms with Crippen molar-refractivity contribution in [2.24, 2.45) is 23.7 Å². The highest BCUT2D eigenvalue weighted by Gasteiger charge is 2.37. The molecular formula is C32H43F5O. The number of fused-ring (bicyclic) bond motifs is 1. The van der Waals surface area contributed by atoms with Crippen LogP contribution in [0.1, 0.15) is 108 Å². The van der Waals surface area contributed by atoms with E-state index in [-0.39, 0.29) is 35.6 Å². The Bertz CT molecular complexity index is 1050. The highest BCUT2D eigenvalue weighted by molar-refractivity contribution is 5.89. The van der Waals surface area contributed by atoms with Crippen LogP contribution in [0.4, 0.5) is 22.0 Å². The molecule has 0 aromatic heterocycles. The Hall–Kier alpha value is -1.85. The minimum Gasteiger partial charge on any atom is -0.490 e. The van der Waals surface area contributed by atoms with E-state index in [1.54, 1.807) is 0 Å². The number of hydrogen-bond donors (Lipinski definition) is 0. The van der Waals surface area contributed by atoms with Gasteiger partial charge in [-0.25, -0.2) is 4.39 Å². The van der Waals surface area contributed by atoms with Gasteiger partial charge in [-0.2, -0.15) is 17.6 Å². The summed E-state index contributed by atoms with van der Waals surface area (Å²) in [7, 11) is 0. The SMILES string of the molecule is CCCCCc1ccc2cc(OCC3CCC(C4CCC(CCC)CC4)CC3)c(F)c(F)c2c1C(F)(F)F. The number of halogens is 5. The first-order valence-electron chi connectivity index (χ1n) is 14.9. The van der Waals surface area contributed by atoms with Crippen LogP contribution in [-0.2, 0) is 12.6 Å². The molecule has 0 radical (unpaired) electrons. The van der Waals surface area contributed by atoms with Crippen LogP contribution in [0.2, 0.25) is 0 Å². The van der Waals surface area contributed by atoms with E-state index < -0.39 is 28.8 Å². The van der Waals surface area contributed by atoms with Crippen molar-refractivity contribution in [1.29, 1.82) is 0 Å². The van der Waals surface area contributed by atoms with E-state index in [0.29, 0.717) is 6.42 Å². The van der Waals surface area contributed by atoms with Crippen LogP contribution < -0.4 is 4.74 Å². The normalized spacial score (nSPS) is 24.6. The fourth-order valence-corrected chi connectivity index (χ4v) is 7.03. The molecule has 0 saturated heterocycles. The van der Waals surface area contributed by atoms with Gasteiger partial charge in [0.25, 0.3) is 0 Å². The monoisotopic (exact) mass is 538 g/mol. The lowest BCUT2D eigenvalue weighted by atomic mass is 9.69. The number of benzene rings is 2. The zero-order valence-corrected chi connectivity index (χ0v) is 22.9. The Balaban J connectivity index is 1.41. The van der Waals surface area contributed by atoms with Gasteiger partial charge in [-0.05, 0) is 92.1 Å². The number of aryl methyl sites for hydroxylation is 1. The molecule has 2 saturated carbocycles. The second kappa shape index (κ2) is 13.0. The van der Waals surface area contributed by atoms with Gasteiger partial charge in [0, 0.05) is 5.39 Å². The summed E-state index contributed by atoms with van der Waals surface area (Å²) in [5.41, 5.74) is -1.04. The second-order valence-electron chi connectivity index (χ2n) is 11.8. The molecule has 2 fully saturated rings. The Labute approximate surface area is 224 Å². The average Bonchev–Trinajstić information content (AvgIpc) is 2.90. The lowest BCUT2D eigenvalue weighted by Crippen LogP contribution is -2.27. The molecule has 0 N–H and O–H groups in total. The number of alkyl halides is 3. The van der Waals surface area contributed by atoms with Gasteiger partial charge in [0.1, 0.15) is 0 Å². The zero-order chi connectivity index (χ0) is 27.3. The predicted molar refractivity (Wildman–Crippen MR) is 143 cm³/mol. The maximum absolute atomic E-state index is 15.2. The van der Waals surface area contributed by atoms with Gasteiger partial charge >= 0.3 is 6.18 Å². The van der Waals surface area contributed by atoms with Crippen LogP contribution in [0.5, 0.6) is 5.75 Å². The molecule has 0 bridgehead atoms. The van der Waals surface area contributed by atoms with Gasteiger partial charge < -0.3 is 4.74 Å². The van der Waals surface area contributed by atoms with Gasteiger partial charge in [0.05, 0.1) is 12.2 Å². The summed E-state index contributed by atoms with van der Waals surface area (Å²) in [6.45, 7) is 4.49. The molecule has 0 amide bonds. The second-order valence-corrected chi connectivity index (χ2v) is 11.8. The fraction of sp³-hybridized carbons (Fsp3) is 0.688. The summed E-state index contributed by atoms with van der Waals surface area (Å²) < 4.78 is 77.9. The van der Waals surface area contributed by atoms with Crippen molar-refractivity contribution in [1.82, 2.24) is 0 Å². The Morgan fingerprint density at radius 1 is 0.789 bits per heavy atom. The van der Waals surface area contributed by atoms with Gasteiger partial charge in [-0.3, -0.25) is 0 Å². The van der Waals surface area contributed by atoms with Crippen molar-refractivity contribution in [3.63, 3.8) is 0 Å². The van der Waals surface area contributed by atoms with Crippen molar-refractivity contribution in [3.05, 3.63) is 41.0 Å². The van der Waals surface area contributed by atoms with Crippen molar-refractivity contribution in [2.45, 2.75) is 110 Å². The van der Waals surface area contributed by atoms with Crippen molar-refractivity contribution in [3.8, 4) is 5.75 Å². The first-order valence-corrected chi connectivity index (χ1v) is 14.9. The topological polar surface area (TPSA) is 9.23 Å². The van der Waals surface area contributed by atoms with Crippen LogP contribution >= 0.6 is 0 Å². The van der Waals surface area contributed by atoms with E-state index in [0.717, 1.165) is 56.3 Å². The minimum atomic E-state index is -4.77. The van der Waals surface area contributed by atoms with E-state index in [1.165, 1.54) is 56.7 Å². The lowest BCUT2D eigenvalue weighted by Gasteiger charge is -2.37. The summed E-state index contributed by atoms with van der Waals surface area (Å²) in [6.07, 6.45) is 9.87. The van der Waals surface area contributed by atoms with Crippen molar-refractivity contribution in [2.75, 3.05) is 6.61 Å². The molecule has 1 nitrogen and oxygen atoms in total. The number of rotatable bonds is 10. The molecule has 2 aromatic carbocycles. The molecule has 0 atom stereocenters. The van der Waals surface area contributed by atoms with E-state index in [1.807, 2.05) is 6.92 Å². The first-order chi connectivity index (χ1) is 18.2. The molecule has 6 heteroatoms. The van der Waals surface area contributed by atoms with Gasteiger partial charge in [-0.15, -0.1) is 0 Å². The highest BCUT2D eigenvalue weighted by Crippen LogP contribution is 2.44. The molecule has 212 valence electrons. The fourth-order valence-electron chi connectivity index (χ4n) is 7.03. The summed E-state index contributed by atoms with van der Waals surface area (Å²) >= 11 is 0. The molecule has 2 aliphatic rings. The zero-order valence-electron chi connectivity index (χ0n) is 22.9. The van der Waals surface area contributed by atoms with E-state index in [9.17, 15) is 13.2 Å². The third-order valence-corrected chi connectivity index (χ3v) is 9.19. The largest absolute Gasteiger partial charge is 0.490 e. The maximum Gasteiger partial charge on any atom is 0.417 e. The summed E-state index contributed by atoms with van der Waals surface area (Å²) in [5, 5.41) is -0.668. The summed E-state index contributed by atoms with van der Waals surface area (Å²) in [6, 6.07) is 4.10. The smallest absolute Gasteiger partial charge is 0.417 e. The third-order valence-electron chi connectivity index (χ3n) is 9.19. The molecule has 0 spiro atoms. The molecular weight excluding hydrogens is 495 g/mol. The van der Waals surface area contributed by atoms with Crippen LogP contribution in [0.25, 0.3) is 10.8 Å². The van der Waals surface area contributed by atoms with Crippen LogP contribution in [0.15, 0.2) is 18.2 Å². The number of ether oxygens (including phenoxy) is 1. The molecule has 0 heterocycles. The van der Waals surface area contributed by atoms with Gasteiger partial charge in [-0.1, -0.05) is 64.5 Å². The molecule has 0 unspecified atom stereocenters. The Kier molecular flexibility index (Phi) is 9.97. The quantitative estimate of drug-likeness (QED) is 0.216. The van der Waals surface area contributed by atoms with E-state index >= 15 is 8.78 Å². The van der Waals surface area contributed by atoms with Crippen LogP contribution in [0, 0.1) is 35.3 Å². The van der Waals surface area contributed by atoms with Crippen LogP contribution in [0.3, 0.4) is 0 Å². The number of unbranched alkanes of at least 4 members (excludes halogenated alkanes) is 2. The Morgan fingerprint density at radius 2 is 1.42 bits per heavy atom. The number of hydrogen-bond acceptors (Lipinski definition) is 1. The van der Waals surface area contributed by atoms with Crippen LogP contribution in [-0.4, -0.2) is 6.61 Å². The third kappa shape index (κ3) is 6.83. The predicted octanol–water partition coefficient (Wildman–Crippen LogP) is 10.7. The Morgan fingerprint density at radius 3 is 2.00 bits per heavy atom. The average molecular weight is 539 g/mol. The van der Waals surface area contributed by atoms with Crippen molar-refractivity contribution >= 4 is 10.8 Å². The maximum atomic E-state index is 15.2. The van der Waals surface area contributed by atoms with Gasteiger partial charge in [0.2, 0.25) is 5.82 Å². The molecule has 2 aliphatic carbocycles. The lowest BCUT2D eigenvalue weighted by molar-refractivity contribution is -0.137. The summed E-state index contributed by atoms with van der Waals surface area (Å²) in [4.78, 5) is 0. The standard InChI is InChI=1S/C32H43F5O/c1-3-5-6-8-25-17-18-26-19-27(30(33)31(34)28(26)29(25)32(35,36)37)38-20-22-11-15-24(16-12-22)23-13-9-21(7-4-2)10-14-23/h17-19,21-24H,3-16,20H2,1-2H3. The molecule has 38 heavy (non-hydrogen) atoms. The van der Waals surface area contributed by atoms with E-state index in [4.69, 9.17) is 4.74 Å². The minimum absolute atomic E-state index is 0.0148. The molecule has 0 aliphatic heterocycles. The molecule has 4 rings (SSSR count). The van der Waals surface area contributed by atoms with Crippen molar-refractivity contribution < 1.29 is 26.7 Å². The first kappa shape index (κ1) is 29.1. The molecule has 2 aromatic rings. The van der Waals surface area contributed by atoms with Gasteiger partial charge in [0.15, 0.2) is 11.6 Å².